The smallest absolute Gasteiger partial charge is 0.412 e. The lowest BCUT2D eigenvalue weighted by molar-refractivity contribution is -0.139. The number of rotatable bonds is 8. The quantitative estimate of drug-likeness (QED) is 0.459. The second-order valence-electron chi connectivity index (χ2n) is 8.01. The van der Waals surface area contributed by atoms with E-state index in [9.17, 15) is 19.5 Å². The third-order valence-electron chi connectivity index (χ3n) is 5.74. The molecule has 0 saturated heterocycles. The molecule has 0 unspecified atom stereocenters. The van der Waals surface area contributed by atoms with Gasteiger partial charge in [0, 0.05) is 5.92 Å². The first-order valence-electron chi connectivity index (χ1n) is 11.1. The number of aliphatic carboxylic acids is 1. The fourth-order valence-electron chi connectivity index (χ4n) is 4.15. The molecule has 1 atom stereocenters. The molecule has 1 aromatic heterocycles. The molecular weight excluding hydrogens is 434 g/mol. The number of amides is 2. The van der Waals surface area contributed by atoms with Crippen molar-refractivity contribution < 1.29 is 24.2 Å². The van der Waals surface area contributed by atoms with Crippen LogP contribution in [0.25, 0.3) is 11.1 Å². The van der Waals surface area contributed by atoms with Gasteiger partial charge in [-0.3, -0.25) is 10.1 Å². The van der Waals surface area contributed by atoms with Crippen LogP contribution in [-0.2, 0) is 9.53 Å². The van der Waals surface area contributed by atoms with E-state index in [0.29, 0.717) is 12.8 Å². The van der Waals surface area contributed by atoms with Gasteiger partial charge >= 0.3 is 12.1 Å². The molecule has 1 heterocycles. The molecule has 1 aliphatic carbocycles. The van der Waals surface area contributed by atoms with Gasteiger partial charge in [0.2, 0.25) is 0 Å². The molecule has 8 nitrogen and oxygen atoms in total. The van der Waals surface area contributed by atoms with Gasteiger partial charge in [-0.05, 0) is 40.8 Å². The minimum absolute atomic E-state index is 0.00111. The third-order valence-corrected chi connectivity index (χ3v) is 5.74. The van der Waals surface area contributed by atoms with Crippen molar-refractivity contribution in [3.8, 4) is 11.1 Å². The highest BCUT2D eigenvalue weighted by Crippen LogP contribution is 2.44. The number of carboxylic acid groups (broad SMARTS) is 1. The third kappa shape index (κ3) is 4.91. The van der Waals surface area contributed by atoms with E-state index in [2.05, 4.69) is 27.8 Å². The van der Waals surface area contributed by atoms with Crippen molar-refractivity contribution in [2.24, 2.45) is 0 Å². The van der Waals surface area contributed by atoms with Gasteiger partial charge in [0.05, 0.1) is 0 Å². The van der Waals surface area contributed by atoms with Crippen LogP contribution in [0, 0.1) is 0 Å². The monoisotopic (exact) mass is 459 g/mol. The van der Waals surface area contributed by atoms with Crippen molar-refractivity contribution in [1.29, 1.82) is 0 Å². The highest BCUT2D eigenvalue weighted by atomic mass is 16.5. The number of fused-ring (bicyclic) bond motifs is 3. The number of benzene rings is 2. The number of carbonyl (C=O) groups is 3. The molecule has 3 aromatic rings. The SMILES string of the molecule is CCC[C@@H](NC(=O)c1cccc(NC(=O)OCC2c3ccccc3-c3ccccc32)n1)C(=O)O. The number of carboxylic acids is 1. The molecule has 0 saturated carbocycles. The highest BCUT2D eigenvalue weighted by Gasteiger charge is 2.29. The number of nitrogens with zero attached hydrogens (tertiary/aromatic N) is 1. The Morgan fingerprint density at radius 1 is 0.971 bits per heavy atom. The van der Waals surface area contributed by atoms with Crippen molar-refractivity contribution in [3.05, 3.63) is 83.6 Å². The summed E-state index contributed by atoms with van der Waals surface area (Å²) in [6, 6.07) is 19.6. The molecule has 2 aromatic carbocycles. The number of anilines is 1. The molecule has 174 valence electrons. The van der Waals surface area contributed by atoms with Gasteiger partial charge in [-0.25, -0.2) is 14.6 Å². The minimum Gasteiger partial charge on any atom is -0.480 e. The summed E-state index contributed by atoms with van der Waals surface area (Å²) in [5.74, 6) is -1.68. The number of ether oxygens (including phenoxy) is 1. The summed E-state index contributed by atoms with van der Waals surface area (Å²) in [6.45, 7) is 1.98. The molecular formula is C26H25N3O5. The minimum atomic E-state index is -1.11. The first kappa shape index (κ1) is 23.0. The molecule has 0 aliphatic heterocycles. The molecule has 0 fully saturated rings. The summed E-state index contributed by atoms with van der Waals surface area (Å²) >= 11 is 0. The maximum Gasteiger partial charge on any atom is 0.412 e. The zero-order chi connectivity index (χ0) is 24.1. The second kappa shape index (κ2) is 10.2. The lowest BCUT2D eigenvalue weighted by Gasteiger charge is -2.15. The van der Waals surface area contributed by atoms with Crippen LogP contribution in [0.3, 0.4) is 0 Å². The zero-order valence-corrected chi connectivity index (χ0v) is 18.7. The number of aromatic nitrogens is 1. The summed E-state index contributed by atoms with van der Waals surface area (Å²) in [7, 11) is 0. The Morgan fingerprint density at radius 2 is 1.62 bits per heavy atom. The standard InChI is InChI=1S/C26H25N3O5/c1-2-8-22(25(31)32)28-24(30)21-13-7-14-23(27-21)29-26(33)34-15-20-18-11-5-3-9-16(18)17-10-4-6-12-19(17)20/h3-7,9-14,20,22H,2,8,15H2,1H3,(H,28,30)(H,31,32)(H,27,29,33)/t22-/m1/s1. The Hall–Kier alpha value is -4.20. The zero-order valence-electron chi connectivity index (χ0n) is 18.7. The van der Waals surface area contributed by atoms with E-state index in [-0.39, 0.29) is 24.0 Å². The Balaban J connectivity index is 1.40. The van der Waals surface area contributed by atoms with E-state index in [1.807, 2.05) is 43.3 Å². The number of nitrogens with one attached hydrogen (secondary N) is 2. The largest absolute Gasteiger partial charge is 0.480 e. The van der Waals surface area contributed by atoms with Crippen LogP contribution in [-0.4, -0.2) is 40.7 Å². The van der Waals surface area contributed by atoms with Gasteiger partial charge in [-0.1, -0.05) is 67.9 Å². The van der Waals surface area contributed by atoms with E-state index < -0.39 is 24.0 Å². The van der Waals surface area contributed by atoms with Crippen molar-refractivity contribution >= 4 is 23.8 Å². The van der Waals surface area contributed by atoms with Gasteiger partial charge in [-0.2, -0.15) is 0 Å². The first-order chi connectivity index (χ1) is 16.5. The van der Waals surface area contributed by atoms with Gasteiger partial charge in [0.25, 0.3) is 5.91 Å². The van der Waals surface area contributed by atoms with E-state index in [4.69, 9.17) is 4.74 Å². The fourth-order valence-corrected chi connectivity index (χ4v) is 4.15. The highest BCUT2D eigenvalue weighted by molar-refractivity contribution is 5.95. The van der Waals surface area contributed by atoms with E-state index in [1.165, 1.54) is 12.1 Å². The Kier molecular flexibility index (Phi) is 6.87. The lowest BCUT2D eigenvalue weighted by Crippen LogP contribution is -2.41. The van der Waals surface area contributed by atoms with Crippen molar-refractivity contribution in [3.63, 3.8) is 0 Å². The first-order valence-corrected chi connectivity index (χ1v) is 11.1. The molecule has 4 rings (SSSR count). The number of hydrogen-bond acceptors (Lipinski definition) is 5. The fraction of sp³-hybridized carbons (Fsp3) is 0.231. The number of hydrogen-bond donors (Lipinski definition) is 3. The van der Waals surface area contributed by atoms with Crippen molar-refractivity contribution in [2.75, 3.05) is 11.9 Å². The number of carbonyl (C=O) groups excluding carboxylic acids is 2. The van der Waals surface area contributed by atoms with E-state index >= 15 is 0 Å². The predicted molar refractivity (Wildman–Crippen MR) is 127 cm³/mol. The van der Waals surface area contributed by atoms with Crippen molar-refractivity contribution in [1.82, 2.24) is 10.3 Å². The molecule has 0 bridgehead atoms. The maximum absolute atomic E-state index is 12.5. The molecule has 34 heavy (non-hydrogen) atoms. The second-order valence-corrected chi connectivity index (χ2v) is 8.01. The summed E-state index contributed by atoms with van der Waals surface area (Å²) in [4.78, 5) is 40.3. The van der Waals surface area contributed by atoms with E-state index in [0.717, 1.165) is 22.3 Å². The van der Waals surface area contributed by atoms with Crippen LogP contribution in [0.15, 0.2) is 66.7 Å². The molecule has 3 N–H and O–H groups in total. The van der Waals surface area contributed by atoms with Crippen LogP contribution in [0.2, 0.25) is 0 Å². The molecule has 0 radical (unpaired) electrons. The Labute approximate surface area is 197 Å². The van der Waals surface area contributed by atoms with Gasteiger partial charge in [0.15, 0.2) is 0 Å². The summed E-state index contributed by atoms with van der Waals surface area (Å²) in [5, 5.41) is 14.2. The van der Waals surface area contributed by atoms with Crippen LogP contribution in [0.5, 0.6) is 0 Å². The molecule has 8 heteroatoms. The van der Waals surface area contributed by atoms with Crippen LogP contribution in [0.1, 0.15) is 47.3 Å². The Morgan fingerprint density at radius 3 is 2.24 bits per heavy atom. The summed E-state index contributed by atoms with van der Waals surface area (Å²) in [6.07, 6.45) is 0.216. The van der Waals surface area contributed by atoms with Gasteiger partial charge in [0.1, 0.15) is 24.2 Å². The predicted octanol–water partition coefficient (Wildman–Crippen LogP) is 4.43. The normalized spacial score (nSPS) is 12.9. The average molecular weight is 460 g/mol. The maximum atomic E-state index is 12.5. The topological polar surface area (TPSA) is 118 Å². The van der Waals surface area contributed by atoms with Crippen molar-refractivity contribution in [2.45, 2.75) is 31.7 Å². The molecule has 1 aliphatic rings. The molecule has 0 spiro atoms. The molecule has 2 amide bonds. The average Bonchev–Trinajstić information content (AvgIpc) is 3.16. The summed E-state index contributed by atoms with van der Waals surface area (Å²) in [5.41, 5.74) is 4.48. The summed E-state index contributed by atoms with van der Waals surface area (Å²) < 4.78 is 5.50. The van der Waals surface area contributed by atoms with Gasteiger partial charge in [-0.15, -0.1) is 0 Å². The van der Waals surface area contributed by atoms with Gasteiger partial charge < -0.3 is 15.2 Å². The lowest BCUT2D eigenvalue weighted by atomic mass is 9.98. The van der Waals surface area contributed by atoms with Crippen LogP contribution >= 0.6 is 0 Å². The Bertz CT molecular complexity index is 1180. The number of pyridine rings is 1. The van der Waals surface area contributed by atoms with E-state index in [1.54, 1.807) is 6.07 Å². The van der Waals surface area contributed by atoms with Crippen LogP contribution < -0.4 is 10.6 Å². The van der Waals surface area contributed by atoms with Crippen LogP contribution in [0.4, 0.5) is 10.6 Å².